The molecule has 1 fully saturated rings. The molecule has 3 aromatic rings. The molecule has 2 aromatic heterocycles. The number of likely N-dealkylation sites (tertiary alicyclic amines) is 1. The van der Waals surface area contributed by atoms with Crippen molar-refractivity contribution in [2.45, 2.75) is 44.3 Å². The maximum Gasteiger partial charge on any atom is 0.237 e. The second-order valence-corrected chi connectivity index (χ2v) is 9.77. The van der Waals surface area contributed by atoms with E-state index in [0.29, 0.717) is 6.54 Å². The number of carbonyl (C=O) groups is 1. The number of halogens is 2. The van der Waals surface area contributed by atoms with E-state index in [0.717, 1.165) is 53.0 Å². The van der Waals surface area contributed by atoms with Crippen molar-refractivity contribution in [3.05, 3.63) is 92.4 Å². The van der Waals surface area contributed by atoms with E-state index < -0.39 is 0 Å². The lowest BCUT2D eigenvalue weighted by Gasteiger charge is -2.33. The lowest BCUT2D eigenvalue weighted by Crippen LogP contribution is -2.45. The molecule has 2 unspecified atom stereocenters. The largest absolute Gasteiger partial charge is 0.351 e. The summed E-state index contributed by atoms with van der Waals surface area (Å²) in [6.45, 7) is 1.34. The van der Waals surface area contributed by atoms with E-state index in [1.165, 1.54) is 16.7 Å². The van der Waals surface area contributed by atoms with Crippen LogP contribution in [0, 0.1) is 0 Å². The van der Waals surface area contributed by atoms with Crippen LogP contribution in [0.4, 0.5) is 0 Å². The van der Waals surface area contributed by atoms with E-state index in [9.17, 15) is 4.79 Å². The Bertz CT molecular complexity index is 1090. The van der Waals surface area contributed by atoms with E-state index in [2.05, 4.69) is 49.3 Å². The number of benzene rings is 1. The zero-order valence-corrected chi connectivity index (χ0v) is 19.9. The molecular weight excluding hydrogens is 488 g/mol. The maximum atomic E-state index is 13.3. The molecule has 1 aliphatic heterocycles. The highest BCUT2D eigenvalue weighted by Crippen LogP contribution is 2.40. The van der Waals surface area contributed by atoms with Crippen LogP contribution in [0.2, 0.25) is 5.02 Å². The van der Waals surface area contributed by atoms with E-state index >= 15 is 0 Å². The first-order valence-corrected chi connectivity index (χ1v) is 12.1. The molecule has 1 aromatic carbocycles. The summed E-state index contributed by atoms with van der Waals surface area (Å²) in [5.41, 5.74) is 5.70. The molecule has 3 heterocycles. The number of aromatic nitrogens is 2. The lowest BCUT2D eigenvalue weighted by atomic mass is 9.96. The third-order valence-corrected chi connectivity index (χ3v) is 7.08. The van der Waals surface area contributed by atoms with Crippen LogP contribution in [-0.4, -0.2) is 33.4 Å². The highest BCUT2D eigenvalue weighted by atomic mass is 79.9. The molecule has 5 rings (SSSR count). The van der Waals surface area contributed by atoms with Gasteiger partial charge in [0, 0.05) is 34.6 Å². The number of pyridine rings is 2. The van der Waals surface area contributed by atoms with Crippen molar-refractivity contribution >= 4 is 33.4 Å². The molecule has 7 heteroatoms. The van der Waals surface area contributed by atoms with Gasteiger partial charge in [-0.1, -0.05) is 23.7 Å². The summed E-state index contributed by atoms with van der Waals surface area (Å²) < 4.78 is 0.978. The fraction of sp³-hybridized carbons (Fsp3) is 0.320. The van der Waals surface area contributed by atoms with Gasteiger partial charge in [-0.15, -0.1) is 0 Å². The third kappa shape index (κ3) is 4.32. The van der Waals surface area contributed by atoms with Crippen molar-refractivity contribution in [2.75, 3.05) is 6.54 Å². The summed E-state index contributed by atoms with van der Waals surface area (Å²) in [6, 6.07) is 11.9. The molecule has 1 amide bonds. The van der Waals surface area contributed by atoms with Crippen molar-refractivity contribution in [1.29, 1.82) is 0 Å². The van der Waals surface area contributed by atoms with E-state index in [4.69, 9.17) is 16.6 Å². The van der Waals surface area contributed by atoms with Gasteiger partial charge in [-0.05, 0) is 94.7 Å². The van der Waals surface area contributed by atoms with E-state index in [-0.39, 0.29) is 18.0 Å². The van der Waals surface area contributed by atoms with Crippen LogP contribution in [0.1, 0.15) is 46.8 Å². The number of rotatable bonds is 4. The second kappa shape index (κ2) is 9.30. The third-order valence-electron chi connectivity index (χ3n) is 6.41. The van der Waals surface area contributed by atoms with Crippen LogP contribution >= 0.6 is 27.5 Å². The minimum absolute atomic E-state index is 0.0600. The number of hydrogen-bond donors (Lipinski definition) is 1. The van der Waals surface area contributed by atoms with Crippen molar-refractivity contribution in [3.63, 3.8) is 0 Å². The van der Waals surface area contributed by atoms with Crippen LogP contribution < -0.4 is 5.32 Å². The van der Waals surface area contributed by atoms with Gasteiger partial charge in [-0.3, -0.25) is 19.7 Å². The van der Waals surface area contributed by atoms with Crippen LogP contribution in [0.5, 0.6) is 0 Å². The van der Waals surface area contributed by atoms with Gasteiger partial charge in [0.1, 0.15) is 0 Å². The normalized spacial score (nSPS) is 20.3. The van der Waals surface area contributed by atoms with Crippen LogP contribution in [0.3, 0.4) is 0 Å². The molecule has 0 spiro atoms. The highest BCUT2D eigenvalue weighted by molar-refractivity contribution is 9.10. The summed E-state index contributed by atoms with van der Waals surface area (Å²) in [5.74, 6) is 0.0600. The van der Waals surface area contributed by atoms with Gasteiger partial charge in [-0.2, -0.15) is 0 Å². The number of nitrogens with one attached hydrogen (secondary N) is 1. The zero-order valence-electron chi connectivity index (χ0n) is 17.6. The number of carbonyl (C=O) groups excluding carboxylic acids is 1. The molecule has 5 nitrogen and oxygen atoms in total. The standard InChI is InChI=1S/C25H24BrClN4O/c26-19-11-18-6-5-17-12-20(27)7-8-21(17)24(23(18)29-15-19)31-10-2-4-22(31)25(32)30-14-16-3-1-9-28-13-16/h1,3,7-9,11-13,15,22,24H,2,4-6,10,14H2,(H,30,32). The van der Waals surface area contributed by atoms with Crippen molar-refractivity contribution in [1.82, 2.24) is 20.2 Å². The SMILES string of the molecule is O=C(NCc1cccnc1)C1CCCN1C1c2ccc(Cl)cc2CCc2cc(Br)cnc21. The molecule has 32 heavy (non-hydrogen) atoms. The Labute approximate surface area is 201 Å². The monoisotopic (exact) mass is 510 g/mol. The molecule has 0 saturated carbocycles. The molecule has 1 saturated heterocycles. The number of hydrogen-bond acceptors (Lipinski definition) is 4. The van der Waals surface area contributed by atoms with Crippen molar-refractivity contribution in [3.8, 4) is 0 Å². The lowest BCUT2D eigenvalue weighted by molar-refractivity contribution is -0.126. The molecule has 0 bridgehead atoms. The summed E-state index contributed by atoms with van der Waals surface area (Å²) >= 11 is 9.92. The number of nitrogens with zero attached hydrogens (tertiary/aromatic N) is 3. The molecule has 1 N–H and O–H groups in total. The second-order valence-electron chi connectivity index (χ2n) is 8.42. The summed E-state index contributed by atoms with van der Waals surface area (Å²) in [4.78, 5) is 24.6. The predicted octanol–water partition coefficient (Wildman–Crippen LogP) is 4.86. The number of fused-ring (bicyclic) bond motifs is 2. The molecule has 1 aliphatic carbocycles. The van der Waals surface area contributed by atoms with E-state index in [1.807, 2.05) is 24.4 Å². The van der Waals surface area contributed by atoms with Gasteiger partial charge in [0.2, 0.25) is 5.91 Å². The Balaban J connectivity index is 1.49. The Morgan fingerprint density at radius 3 is 2.91 bits per heavy atom. The minimum Gasteiger partial charge on any atom is -0.351 e. The highest BCUT2D eigenvalue weighted by Gasteiger charge is 2.39. The summed E-state index contributed by atoms with van der Waals surface area (Å²) in [7, 11) is 0. The average Bonchev–Trinajstić information content (AvgIpc) is 3.23. The Kier molecular flexibility index (Phi) is 6.26. The molecule has 2 aliphatic rings. The first kappa shape index (κ1) is 21.6. The van der Waals surface area contributed by atoms with Gasteiger partial charge >= 0.3 is 0 Å². The first-order chi connectivity index (χ1) is 15.6. The fourth-order valence-electron chi connectivity index (χ4n) is 4.94. The van der Waals surface area contributed by atoms with Crippen LogP contribution in [0.15, 0.2) is 59.5 Å². The predicted molar refractivity (Wildman–Crippen MR) is 128 cm³/mol. The molecule has 0 radical (unpaired) electrons. The van der Waals surface area contributed by atoms with Gasteiger partial charge in [-0.25, -0.2) is 0 Å². The smallest absolute Gasteiger partial charge is 0.237 e. The maximum absolute atomic E-state index is 13.3. The Morgan fingerprint density at radius 2 is 2.06 bits per heavy atom. The Hall–Kier alpha value is -2.28. The Morgan fingerprint density at radius 1 is 1.19 bits per heavy atom. The average molecular weight is 512 g/mol. The minimum atomic E-state index is -0.198. The fourth-order valence-corrected chi connectivity index (χ4v) is 5.51. The van der Waals surface area contributed by atoms with Crippen LogP contribution in [-0.2, 0) is 24.2 Å². The quantitative estimate of drug-likeness (QED) is 0.543. The van der Waals surface area contributed by atoms with Gasteiger partial charge < -0.3 is 5.32 Å². The molecule has 164 valence electrons. The van der Waals surface area contributed by atoms with Crippen LogP contribution in [0.25, 0.3) is 0 Å². The summed E-state index contributed by atoms with van der Waals surface area (Å²) in [6.07, 6.45) is 9.01. The molecular formula is C25H24BrClN4O. The van der Waals surface area contributed by atoms with Gasteiger partial charge in [0.05, 0.1) is 17.8 Å². The molecule has 2 atom stereocenters. The number of amides is 1. The summed E-state index contributed by atoms with van der Waals surface area (Å²) in [5, 5.41) is 3.87. The number of aryl methyl sites for hydroxylation is 2. The first-order valence-electron chi connectivity index (χ1n) is 10.9. The topological polar surface area (TPSA) is 58.1 Å². The van der Waals surface area contributed by atoms with E-state index in [1.54, 1.807) is 12.4 Å². The van der Waals surface area contributed by atoms with Gasteiger partial charge in [0.15, 0.2) is 0 Å². The zero-order chi connectivity index (χ0) is 22.1. The van der Waals surface area contributed by atoms with Crippen molar-refractivity contribution in [2.24, 2.45) is 0 Å². The van der Waals surface area contributed by atoms with Crippen molar-refractivity contribution < 1.29 is 4.79 Å². The van der Waals surface area contributed by atoms with Gasteiger partial charge in [0.25, 0.3) is 0 Å².